The first kappa shape index (κ1) is 12.3. The first-order valence-corrected chi connectivity index (χ1v) is 5.73. The summed E-state index contributed by atoms with van der Waals surface area (Å²) in [7, 11) is 0. The van der Waals surface area contributed by atoms with Crippen molar-refractivity contribution in [3.05, 3.63) is 0 Å². The van der Waals surface area contributed by atoms with Gasteiger partial charge in [0, 0.05) is 19.6 Å². The zero-order valence-corrected chi connectivity index (χ0v) is 9.98. The van der Waals surface area contributed by atoms with E-state index in [1.165, 1.54) is 0 Å². The lowest BCUT2D eigenvalue weighted by Crippen LogP contribution is -2.48. The monoisotopic (exact) mass is 213 g/mol. The topological polar surface area (TPSA) is 61.8 Å². The van der Waals surface area contributed by atoms with Crippen LogP contribution >= 0.6 is 0 Å². The lowest BCUT2D eigenvalue weighted by molar-refractivity contribution is 0.0585. The van der Waals surface area contributed by atoms with Gasteiger partial charge >= 0.3 is 0 Å². The first-order chi connectivity index (χ1) is 7.00. The van der Waals surface area contributed by atoms with Crippen molar-refractivity contribution in [1.82, 2.24) is 4.90 Å². The fourth-order valence-electron chi connectivity index (χ4n) is 1.72. The third-order valence-electron chi connectivity index (χ3n) is 2.80. The lowest BCUT2D eigenvalue weighted by atomic mass is 9.97. The van der Waals surface area contributed by atoms with Gasteiger partial charge in [-0.1, -0.05) is 20.8 Å². The average molecular weight is 213 g/mol. The molecule has 1 rings (SSSR count). The Morgan fingerprint density at radius 2 is 2.27 bits per heavy atom. The number of aliphatic hydroxyl groups is 1. The molecule has 1 fully saturated rings. The zero-order chi connectivity index (χ0) is 11.4. The molecule has 1 saturated heterocycles. The Bertz CT molecular complexity index is 228. The molecule has 1 aliphatic rings. The van der Waals surface area contributed by atoms with E-state index in [1.54, 1.807) is 0 Å². The number of hydrogen-bond donors (Lipinski definition) is 2. The summed E-state index contributed by atoms with van der Waals surface area (Å²) in [6.07, 6.45) is 0.609. The summed E-state index contributed by atoms with van der Waals surface area (Å²) >= 11 is 0. The van der Waals surface area contributed by atoms with Crippen LogP contribution in [0.4, 0.5) is 0 Å². The van der Waals surface area contributed by atoms with Gasteiger partial charge in [-0.2, -0.15) is 0 Å². The van der Waals surface area contributed by atoms with Crippen LogP contribution < -0.4 is 5.73 Å². The molecule has 0 spiro atoms. The normalized spacial score (nSPS) is 28.6. The van der Waals surface area contributed by atoms with Crippen molar-refractivity contribution in [1.29, 1.82) is 0 Å². The van der Waals surface area contributed by atoms with Crippen molar-refractivity contribution in [3.8, 4) is 0 Å². The quantitative estimate of drug-likeness (QED) is 0.523. The van der Waals surface area contributed by atoms with Crippen LogP contribution in [0.3, 0.4) is 0 Å². The average Bonchev–Trinajstić information content (AvgIpc) is 2.18. The number of rotatable bonds is 2. The van der Waals surface area contributed by atoms with Crippen molar-refractivity contribution >= 4 is 5.96 Å². The Labute approximate surface area is 92.2 Å². The van der Waals surface area contributed by atoms with Crippen LogP contribution in [0.5, 0.6) is 0 Å². The molecule has 0 aliphatic carbocycles. The summed E-state index contributed by atoms with van der Waals surface area (Å²) in [6.45, 7) is 8.71. The SMILES string of the molecule is CC(C)CN=C(N)N1CCC(O)C(C)C1. The largest absolute Gasteiger partial charge is 0.393 e. The minimum atomic E-state index is -0.181. The van der Waals surface area contributed by atoms with Gasteiger partial charge in [-0.3, -0.25) is 4.99 Å². The maximum Gasteiger partial charge on any atom is 0.191 e. The van der Waals surface area contributed by atoms with E-state index in [2.05, 4.69) is 23.7 Å². The molecule has 0 amide bonds. The van der Waals surface area contributed by atoms with Gasteiger partial charge in [-0.15, -0.1) is 0 Å². The highest BCUT2D eigenvalue weighted by molar-refractivity contribution is 5.78. The zero-order valence-electron chi connectivity index (χ0n) is 9.98. The molecule has 1 heterocycles. The molecule has 15 heavy (non-hydrogen) atoms. The van der Waals surface area contributed by atoms with Gasteiger partial charge in [-0.25, -0.2) is 0 Å². The Morgan fingerprint density at radius 3 is 2.80 bits per heavy atom. The number of likely N-dealkylation sites (tertiary alicyclic amines) is 1. The van der Waals surface area contributed by atoms with E-state index < -0.39 is 0 Å². The highest BCUT2D eigenvalue weighted by Crippen LogP contribution is 2.16. The van der Waals surface area contributed by atoms with Crippen LogP contribution in [-0.2, 0) is 0 Å². The first-order valence-electron chi connectivity index (χ1n) is 5.73. The molecule has 0 aromatic rings. The fraction of sp³-hybridized carbons (Fsp3) is 0.909. The van der Waals surface area contributed by atoms with E-state index in [9.17, 15) is 5.11 Å². The number of aliphatic hydroxyl groups excluding tert-OH is 1. The molecule has 0 aromatic carbocycles. The van der Waals surface area contributed by atoms with Crippen molar-refractivity contribution in [2.45, 2.75) is 33.3 Å². The molecule has 0 radical (unpaired) electrons. The number of aliphatic imine (C=N–C) groups is 1. The minimum absolute atomic E-state index is 0.181. The van der Waals surface area contributed by atoms with Crippen LogP contribution in [0, 0.1) is 11.8 Å². The molecule has 0 bridgehead atoms. The van der Waals surface area contributed by atoms with E-state index in [-0.39, 0.29) is 12.0 Å². The highest BCUT2D eigenvalue weighted by atomic mass is 16.3. The van der Waals surface area contributed by atoms with Gasteiger partial charge in [0.15, 0.2) is 5.96 Å². The van der Waals surface area contributed by atoms with Gasteiger partial charge in [0.1, 0.15) is 0 Å². The summed E-state index contributed by atoms with van der Waals surface area (Å²) in [4.78, 5) is 6.41. The number of hydrogen-bond acceptors (Lipinski definition) is 2. The van der Waals surface area contributed by atoms with Gasteiger partial charge in [-0.05, 0) is 18.3 Å². The Kier molecular flexibility index (Phi) is 4.39. The van der Waals surface area contributed by atoms with Gasteiger partial charge in [0.2, 0.25) is 0 Å². The molecular weight excluding hydrogens is 190 g/mol. The summed E-state index contributed by atoms with van der Waals surface area (Å²) in [5.41, 5.74) is 5.90. The third kappa shape index (κ3) is 3.70. The lowest BCUT2D eigenvalue weighted by Gasteiger charge is -2.35. The predicted octanol–water partition coefficient (Wildman–Crippen LogP) is 0.660. The highest BCUT2D eigenvalue weighted by Gasteiger charge is 2.24. The second-order valence-corrected chi connectivity index (χ2v) is 4.87. The molecule has 3 N–H and O–H groups in total. The molecule has 4 nitrogen and oxygen atoms in total. The summed E-state index contributed by atoms with van der Waals surface area (Å²) < 4.78 is 0. The molecule has 0 saturated carbocycles. The minimum Gasteiger partial charge on any atom is -0.393 e. The molecular formula is C11H23N3O. The van der Waals surface area contributed by atoms with E-state index in [0.29, 0.717) is 11.9 Å². The molecule has 1 aliphatic heterocycles. The number of piperidine rings is 1. The maximum absolute atomic E-state index is 9.59. The standard InChI is InChI=1S/C11H23N3O/c1-8(2)6-13-11(12)14-5-4-10(15)9(3)7-14/h8-10,15H,4-7H2,1-3H3,(H2,12,13). The van der Waals surface area contributed by atoms with Gasteiger partial charge in [0.25, 0.3) is 0 Å². The second-order valence-electron chi connectivity index (χ2n) is 4.87. The smallest absolute Gasteiger partial charge is 0.191 e. The number of guanidine groups is 1. The number of nitrogens with two attached hydrogens (primary N) is 1. The summed E-state index contributed by atoms with van der Waals surface area (Å²) in [6, 6.07) is 0. The van der Waals surface area contributed by atoms with E-state index in [4.69, 9.17) is 5.73 Å². The van der Waals surface area contributed by atoms with Crippen LogP contribution in [0.2, 0.25) is 0 Å². The molecule has 88 valence electrons. The summed E-state index contributed by atoms with van der Waals surface area (Å²) in [5.74, 6) is 1.45. The van der Waals surface area contributed by atoms with Crippen LogP contribution in [0.15, 0.2) is 4.99 Å². The van der Waals surface area contributed by atoms with Crippen LogP contribution in [-0.4, -0.2) is 41.7 Å². The molecule has 2 atom stereocenters. The Hall–Kier alpha value is -0.770. The Balaban J connectivity index is 2.46. The second kappa shape index (κ2) is 5.35. The van der Waals surface area contributed by atoms with E-state index in [0.717, 1.165) is 26.1 Å². The van der Waals surface area contributed by atoms with Gasteiger partial charge in [0.05, 0.1) is 6.10 Å². The van der Waals surface area contributed by atoms with Crippen molar-refractivity contribution in [3.63, 3.8) is 0 Å². The molecule has 4 heteroatoms. The van der Waals surface area contributed by atoms with E-state index >= 15 is 0 Å². The van der Waals surface area contributed by atoms with Crippen molar-refractivity contribution in [2.75, 3.05) is 19.6 Å². The molecule has 2 unspecified atom stereocenters. The number of nitrogens with zero attached hydrogens (tertiary/aromatic N) is 2. The third-order valence-corrected chi connectivity index (χ3v) is 2.80. The Morgan fingerprint density at radius 1 is 1.60 bits per heavy atom. The van der Waals surface area contributed by atoms with Crippen molar-refractivity contribution in [2.24, 2.45) is 22.6 Å². The van der Waals surface area contributed by atoms with Crippen LogP contribution in [0.1, 0.15) is 27.2 Å². The van der Waals surface area contributed by atoms with Crippen molar-refractivity contribution < 1.29 is 5.11 Å². The summed E-state index contributed by atoms with van der Waals surface area (Å²) in [5, 5.41) is 9.59. The predicted molar refractivity (Wildman–Crippen MR) is 62.7 cm³/mol. The fourth-order valence-corrected chi connectivity index (χ4v) is 1.72. The molecule has 0 aromatic heterocycles. The maximum atomic E-state index is 9.59. The van der Waals surface area contributed by atoms with E-state index in [1.807, 2.05) is 6.92 Å². The van der Waals surface area contributed by atoms with Crippen LogP contribution in [0.25, 0.3) is 0 Å². The van der Waals surface area contributed by atoms with Gasteiger partial charge < -0.3 is 15.7 Å².